The fourth-order valence-electron chi connectivity index (χ4n) is 1.07. The number of halogens is 3. The lowest BCUT2D eigenvalue weighted by Gasteiger charge is -2.19. The zero-order valence-electron chi connectivity index (χ0n) is 7.84. The van der Waals surface area contributed by atoms with Crippen LogP contribution in [-0.4, -0.2) is 11.5 Å². The van der Waals surface area contributed by atoms with Gasteiger partial charge in [0.25, 0.3) is 6.43 Å². The number of alkyl halides is 2. The molecule has 0 aromatic heterocycles. The molecule has 0 saturated heterocycles. The summed E-state index contributed by atoms with van der Waals surface area (Å²) in [5.74, 6) is 0. The third-order valence-electron chi connectivity index (χ3n) is 2.10. The molecule has 1 unspecified atom stereocenters. The second-order valence-electron chi connectivity index (χ2n) is 3.14. The normalized spacial score (nSPS) is 14.7. The second-order valence-corrected chi connectivity index (χ2v) is 4.00. The zero-order valence-corrected chi connectivity index (χ0v) is 9.42. The monoisotopic (exact) mass is 275 g/mol. The summed E-state index contributed by atoms with van der Waals surface area (Å²) in [4.78, 5) is 0. The molecule has 0 radical (unpaired) electrons. The van der Waals surface area contributed by atoms with E-state index in [0.717, 1.165) is 5.56 Å². The maximum absolute atomic E-state index is 12.5. The maximum atomic E-state index is 12.5. The minimum atomic E-state index is -3.14. The van der Waals surface area contributed by atoms with Crippen LogP contribution in [0.5, 0.6) is 0 Å². The molecule has 80 valence electrons. The Labute approximate surface area is 94.3 Å². The van der Waals surface area contributed by atoms with Crippen LogP contribution >= 0.6 is 15.9 Å². The molecule has 0 heterocycles. The molecule has 0 bridgehead atoms. The summed E-state index contributed by atoms with van der Waals surface area (Å²) in [6, 6.07) is 5.42. The van der Waals surface area contributed by atoms with Crippen LogP contribution in [0.3, 0.4) is 0 Å². The fourth-order valence-corrected chi connectivity index (χ4v) is 1.45. The van der Waals surface area contributed by atoms with Crippen LogP contribution in [0.15, 0.2) is 22.7 Å². The van der Waals surface area contributed by atoms with Crippen LogP contribution < -0.4 is 0 Å². The van der Waals surface area contributed by atoms with E-state index >= 15 is 0 Å². The van der Waals surface area contributed by atoms with Gasteiger partial charge in [0, 0.05) is 10.0 Å². The number of aryl methyl sites for hydroxylation is 1. The predicted molar refractivity (Wildman–Crippen MR) is 54.4 cm³/mol. The number of rotatable bonds is 2. The molecule has 0 spiro atoms. The third-order valence-corrected chi connectivity index (χ3v) is 2.95. The van der Waals surface area contributed by atoms with Gasteiger partial charge in [-0.05, 0) is 18.6 Å². The largest absolute Gasteiger partial charge is 0.367 e. The van der Waals surface area contributed by atoms with E-state index in [1.807, 2.05) is 0 Å². The van der Waals surface area contributed by atoms with Crippen LogP contribution in [0.4, 0.5) is 8.78 Å². The smallest absolute Gasteiger partial charge is 0.284 e. The average Bonchev–Trinajstić information content (AvgIpc) is 2.20. The number of hydrogen-bond acceptors (Lipinski definition) is 2. The first-order valence-electron chi connectivity index (χ1n) is 4.10. The lowest BCUT2D eigenvalue weighted by Crippen LogP contribution is -2.32. The first-order valence-corrected chi connectivity index (χ1v) is 4.89. The second kappa shape index (κ2) is 4.25. The van der Waals surface area contributed by atoms with Crippen LogP contribution in [0, 0.1) is 18.3 Å². The summed E-state index contributed by atoms with van der Waals surface area (Å²) in [6.45, 7) is 1.78. The summed E-state index contributed by atoms with van der Waals surface area (Å²) >= 11 is 3.15. The SMILES string of the molecule is Cc1ccc(C(O)(C#N)C(F)F)cc1Br. The molecule has 2 nitrogen and oxygen atoms in total. The van der Waals surface area contributed by atoms with Gasteiger partial charge in [-0.1, -0.05) is 28.1 Å². The minimum absolute atomic E-state index is 0.113. The molecule has 1 aromatic rings. The van der Waals surface area contributed by atoms with Gasteiger partial charge >= 0.3 is 0 Å². The van der Waals surface area contributed by atoms with Gasteiger partial charge in [-0.2, -0.15) is 5.26 Å². The summed E-state index contributed by atoms with van der Waals surface area (Å²) in [6.07, 6.45) is -3.14. The number of benzene rings is 1. The van der Waals surface area contributed by atoms with Crippen molar-refractivity contribution in [2.75, 3.05) is 0 Å². The molecular formula is C10H8BrF2NO. The van der Waals surface area contributed by atoms with E-state index in [4.69, 9.17) is 5.26 Å². The number of nitriles is 1. The van der Waals surface area contributed by atoms with E-state index < -0.39 is 12.0 Å². The van der Waals surface area contributed by atoms with Crippen LogP contribution in [0.2, 0.25) is 0 Å². The topological polar surface area (TPSA) is 44.0 Å². The molecule has 1 N–H and O–H groups in total. The lowest BCUT2D eigenvalue weighted by atomic mass is 9.95. The highest BCUT2D eigenvalue weighted by atomic mass is 79.9. The predicted octanol–water partition coefficient (Wildman–Crippen LogP) is 2.73. The Morgan fingerprint density at radius 1 is 1.53 bits per heavy atom. The minimum Gasteiger partial charge on any atom is -0.367 e. The van der Waals surface area contributed by atoms with E-state index in [1.54, 1.807) is 13.0 Å². The van der Waals surface area contributed by atoms with Crippen molar-refractivity contribution in [3.8, 4) is 6.07 Å². The highest BCUT2D eigenvalue weighted by Crippen LogP contribution is 2.30. The third kappa shape index (κ3) is 2.16. The van der Waals surface area contributed by atoms with Crippen molar-refractivity contribution >= 4 is 15.9 Å². The van der Waals surface area contributed by atoms with E-state index in [0.29, 0.717) is 4.47 Å². The van der Waals surface area contributed by atoms with Crippen molar-refractivity contribution in [3.63, 3.8) is 0 Å². The Morgan fingerprint density at radius 2 is 2.13 bits per heavy atom. The number of aliphatic hydroxyl groups is 1. The van der Waals surface area contributed by atoms with Gasteiger partial charge in [0.1, 0.15) is 6.07 Å². The molecule has 0 fully saturated rings. The van der Waals surface area contributed by atoms with Gasteiger partial charge in [-0.15, -0.1) is 0 Å². The molecule has 0 amide bonds. The van der Waals surface area contributed by atoms with E-state index in [1.165, 1.54) is 18.2 Å². The van der Waals surface area contributed by atoms with Crippen molar-refractivity contribution in [1.29, 1.82) is 5.26 Å². The number of hydrogen-bond donors (Lipinski definition) is 1. The molecular weight excluding hydrogens is 268 g/mol. The van der Waals surface area contributed by atoms with Gasteiger partial charge in [0.2, 0.25) is 5.60 Å². The molecule has 0 saturated carbocycles. The molecule has 15 heavy (non-hydrogen) atoms. The summed E-state index contributed by atoms with van der Waals surface area (Å²) in [7, 11) is 0. The standard InChI is InChI=1S/C10H8BrF2NO/c1-6-2-3-7(4-8(6)11)10(15,5-14)9(12)13/h2-4,9,15H,1H3. The van der Waals surface area contributed by atoms with Gasteiger partial charge in [0.05, 0.1) is 0 Å². The van der Waals surface area contributed by atoms with Crippen molar-refractivity contribution in [3.05, 3.63) is 33.8 Å². The molecule has 1 rings (SSSR count). The molecule has 0 aliphatic heterocycles. The van der Waals surface area contributed by atoms with Crippen molar-refractivity contribution in [2.24, 2.45) is 0 Å². The summed E-state index contributed by atoms with van der Waals surface area (Å²) in [5, 5.41) is 18.0. The molecule has 1 atom stereocenters. The van der Waals surface area contributed by atoms with Gasteiger partial charge in [-0.25, -0.2) is 8.78 Å². The average molecular weight is 276 g/mol. The molecule has 0 aliphatic carbocycles. The summed E-state index contributed by atoms with van der Waals surface area (Å²) in [5.41, 5.74) is -2.01. The van der Waals surface area contributed by atoms with Crippen LogP contribution in [0.25, 0.3) is 0 Å². The van der Waals surface area contributed by atoms with Crippen LogP contribution in [-0.2, 0) is 5.60 Å². The maximum Gasteiger partial charge on any atom is 0.284 e. The van der Waals surface area contributed by atoms with Gasteiger partial charge < -0.3 is 5.11 Å². The Morgan fingerprint density at radius 3 is 2.53 bits per heavy atom. The quantitative estimate of drug-likeness (QED) is 0.844. The van der Waals surface area contributed by atoms with E-state index in [2.05, 4.69) is 15.9 Å². The highest BCUT2D eigenvalue weighted by molar-refractivity contribution is 9.10. The molecule has 0 aliphatic rings. The van der Waals surface area contributed by atoms with Crippen molar-refractivity contribution < 1.29 is 13.9 Å². The lowest BCUT2D eigenvalue weighted by molar-refractivity contribution is -0.0605. The Kier molecular flexibility index (Phi) is 3.42. The van der Waals surface area contributed by atoms with E-state index in [9.17, 15) is 13.9 Å². The fraction of sp³-hybridized carbons (Fsp3) is 0.300. The van der Waals surface area contributed by atoms with Gasteiger partial charge in [0.15, 0.2) is 0 Å². The molecule has 5 heteroatoms. The Bertz CT molecular complexity index is 416. The first-order chi connectivity index (χ1) is 6.91. The van der Waals surface area contributed by atoms with Crippen molar-refractivity contribution in [1.82, 2.24) is 0 Å². The number of nitrogens with zero attached hydrogens (tertiary/aromatic N) is 1. The van der Waals surface area contributed by atoms with Gasteiger partial charge in [-0.3, -0.25) is 0 Å². The summed E-state index contributed by atoms with van der Waals surface area (Å²) < 4.78 is 25.6. The van der Waals surface area contributed by atoms with E-state index in [-0.39, 0.29) is 5.56 Å². The highest BCUT2D eigenvalue weighted by Gasteiger charge is 2.40. The Hall–Kier alpha value is -0.990. The first kappa shape index (κ1) is 12.1. The zero-order chi connectivity index (χ0) is 11.6. The Balaban J connectivity index is 3.27. The van der Waals surface area contributed by atoms with Crippen LogP contribution in [0.1, 0.15) is 11.1 Å². The van der Waals surface area contributed by atoms with Crippen molar-refractivity contribution in [2.45, 2.75) is 19.0 Å². The molecule has 1 aromatic carbocycles.